The molecule has 0 aliphatic carbocycles. The molecule has 0 saturated carbocycles. The molecule has 1 heterocycles. The Labute approximate surface area is 133 Å². The van der Waals surface area contributed by atoms with Gasteiger partial charge in [-0.3, -0.25) is 9.67 Å². The molecule has 0 aliphatic rings. The zero-order valence-electron chi connectivity index (χ0n) is 12.6. The lowest BCUT2D eigenvalue weighted by atomic mass is 10.0. The molecule has 0 aliphatic heterocycles. The molecule has 0 N–H and O–H groups in total. The number of hydrogen-bond donors (Lipinski definition) is 0. The summed E-state index contributed by atoms with van der Waals surface area (Å²) in [6, 6.07) is 17.6. The summed E-state index contributed by atoms with van der Waals surface area (Å²) in [5.74, 6) is 0. The summed E-state index contributed by atoms with van der Waals surface area (Å²) >= 11 is 0. The molecule has 3 rings (SSSR count). The van der Waals surface area contributed by atoms with E-state index in [0.29, 0.717) is 6.54 Å². The molecule has 110 valence electrons. The van der Waals surface area contributed by atoms with Crippen LogP contribution in [0.3, 0.4) is 0 Å². The van der Waals surface area contributed by atoms with Gasteiger partial charge in [0, 0.05) is 18.6 Å². The van der Waals surface area contributed by atoms with Crippen molar-refractivity contribution in [1.82, 2.24) is 9.78 Å². The molecule has 1 aromatic heterocycles. The highest BCUT2D eigenvalue weighted by molar-refractivity contribution is 6.10. The normalized spacial score (nSPS) is 10.0. The van der Waals surface area contributed by atoms with E-state index in [9.17, 15) is 0 Å². The summed E-state index contributed by atoms with van der Waals surface area (Å²) in [4.78, 5) is 3.96. The van der Waals surface area contributed by atoms with Gasteiger partial charge in [0.25, 0.3) is 0 Å². The Morgan fingerprint density at radius 2 is 1.78 bits per heavy atom. The van der Waals surface area contributed by atoms with Crippen molar-refractivity contribution in [3.63, 3.8) is 0 Å². The van der Waals surface area contributed by atoms with Crippen LogP contribution in [0.5, 0.6) is 0 Å². The average Bonchev–Trinajstić information content (AvgIpc) is 2.95. The first-order chi connectivity index (χ1) is 11.2. The zero-order valence-corrected chi connectivity index (χ0v) is 12.6. The number of benzene rings is 2. The van der Waals surface area contributed by atoms with E-state index in [4.69, 9.17) is 10.5 Å². The van der Waals surface area contributed by atoms with Crippen molar-refractivity contribution < 1.29 is 0 Å². The van der Waals surface area contributed by atoms with Gasteiger partial charge in [0.2, 0.25) is 5.71 Å². The summed E-state index contributed by atoms with van der Waals surface area (Å²) in [5, 5.41) is 22.8. The third kappa shape index (κ3) is 3.09. The molecular formula is C18H13N5. The highest BCUT2D eigenvalue weighted by Crippen LogP contribution is 2.24. The van der Waals surface area contributed by atoms with Gasteiger partial charge in [-0.05, 0) is 28.8 Å². The first-order valence-electron chi connectivity index (χ1n) is 7.07. The van der Waals surface area contributed by atoms with E-state index >= 15 is 0 Å². The maximum Gasteiger partial charge on any atom is 0.213 e. The summed E-state index contributed by atoms with van der Waals surface area (Å²) in [7, 11) is 1.91. The number of rotatable bonds is 3. The molecule has 0 spiro atoms. The first-order valence-corrected chi connectivity index (χ1v) is 7.07. The van der Waals surface area contributed by atoms with E-state index in [0.717, 1.165) is 27.6 Å². The second-order valence-electron chi connectivity index (χ2n) is 5.16. The number of fused-ring (bicyclic) bond motifs is 1. The highest BCUT2D eigenvalue weighted by Gasteiger charge is 2.03. The van der Waals surface area contributed by atoms with Gasteiger partial charge in [-0.2, -0.15) is 15.6 Å². The number of nitriles is 2. The monoisotopic (exact) mass is 299 g/mol. The zero-order chi connectivity index (χ0) is 16.2. The van der Waals surface area contributed by atoms with E-state index < -0.39 is 0 Å². The minimum atomic E-state index is -0.101. The van der Waals surface area contributed by atoms with Gasteiger partial charge >= 0.3 is 0 Å². The Balaban J connectivity index is 1.85. The van der Waals surface area contributed by atoms with Crippen LogP contribution in [0, 0.1) is 22.7 Å². The van der Waals surface area contributed by atoms with Gasteiger partial charge in [0.05, 0.1) is 12.1 Å². The highest BCUT2D eigenvalue weighted by atomic mass is 15.2. The second-order valence-corrected chi connectivity index (χ2v) is 5.16. The Bertz CT molecular complexity index is 949. The van der Waals surface area contributed by atoms with Crippen molar-refractivity contribution in [2.24, 2.45) is 12.0 Å². The van der Waals surface area contributed by atoms with Crippen LogP contribution >= 0.6 is 0 Å². The average molecular weight is 299 g/mol. The third-order valence-electron chi connectivity index (χ3n) is 3.54. The predicted molar refractivity (Wildman–Crippen MR) is 88.5 cm³/mol. The second kappa shape index (κ2) is 6.13. The molecule has 0 radical (unpaired) electrons. The van der Waals surface area contributed by atoms with Crippen molar-refractivity contribution >= 4 is 16.6 Å². The first kappa shape index (κ1) is 14.5. The number of aryl methyl sites for hydroxylation is 1. The van der Waals surface area contributed by atoms with Crippen LogP contribution in [0.4, 0.5) is 0 Å². The lowest BCUT2D eigenvalue weighted by Gasteiger charge is -2.03. The standard InChI is InChI=1S/C18H13N5/c1-23-12-16-8-15(6-7-18(16)22-23)14-4-2-13(3-5-14)11-21-17(9-19)10-20/h2-8,12H,11H2,1H3. The van der Waals surface area contributed by atoms with Crippen LogP contribution in [0.2, 0.25) is 0 Å². The van der Waals surface area contributed by atoms with Crippen molar-refractivity contribution in [2.75, 3.05) is 0 Å². The van der Waals surface area contributed by atoms with E-state index in [1.54, 1.807) is 16.8 Å². The molecule has 0 amide bonds. The van der Waals surface area contributed by atoms with Gasteiger partial charge in [0.1, 0.15) is 12.1 Å². The van der Waals surface area contributed by atoms with Gasteiger partial charge < -0.3 is 0 Å². The number of hydrogen-bond acceptors (Lipinski definition) is 4. The summed E-state index contributed by atoms with van der Waals surface area (Å²) in [6.07, 6.45) is 1.99. The largest absolute Gasteiger partial charge is 0.275 e. The Hall–Kier alpha value is -3.44. The molecule has 2 aromatic carbocycles. The Morgan fingerprint density at radius 3 is 2.48 bits per heavy atom. The van der Waals surface area contributed by atoms with Crippen molar-refractivity contribution in [3.8, 4) is 23.3 Å². The smallest absolute Gasteiger partial charge is 0.213 e. The van der Waals surface area contributed by atoms with Crippen LogP contribution in [0.1, 0.15) is 5.56 Å². The van der Waals surface area contributed by atoms with Crippen molar-refractivity contribution in [2.45, 2.75) is 6.54 Å². The van der Waals surface area contributed by atoms with Crippen LogP contribution in [0.25, 0.3) is 22.0 Å². The lowest BCUT2D eigenvalue weighted by molar-refractivity contribution is 0.780. The van der Waals surface area contributed by atoms with Gasteiger partial charge in [-0.1, -0.05) is 30.3 Å². The minimum Gasteiger partial charge on any atom is -0.275 e. The SMILES string of the molecule is Cn1cc2cc(-c3ccc(CN=C(C#N)C#N)cc3)ccc2n1. The molecule has 5 nitrogen and oxygen atoms in total. The fourth-order valence-corrected chi connectivity index (χ4v) is 2.40. The summed E-state index contributed by atoms with van der Waals surface area (Å²) in [6.45, 7) is 0.332. The minimum absolute atomic E-state index is 0.101. The lowest BCUT2D eigenvalue weighted by Crippen LogP contribution is -1.90. The van der Waals surface area contributed by atoms with Crippen LogP contribution < -0.4 is 0 Å². The number of nitrogens with zero attached hydrogens (tertiary/aromatic N) is 5. The van der Waals surface area contributed by atoms with Gasteiger partial charge in [-0.25, -0.2) is 0 Å². The van der Waals surface area contributed by atoms with E-state index in [1.807, 2.05) is 49.6 Å². The molecule has 23 heavy (non-hydrogen) atoms. The van der Waals surface area contributed by atoms with Crippen LogP contribution in [-0.2, 0) is 13.6 Å². The van der Waals surface area contributed by atoms with Gasteiger partial charge in [-0.15, -0.1) is 0 Å². The van der Waals surface area contributed by atoms with Crippen LogP contribution in [0.15, 0.2) is 53.7 Å². The molecule has 0 unspecified atom stereocenters. The third-order valence-corrected chi connectivity index (χ3v) is 3.54. The molecule has 5 heteroatoms. The Kier molecular flexibility index (Phi) is 3.86. The fraction of sp³-hybridized carbons (Fsp3) is 0.111. The number of aromatic nitrogens is 2. The molecule has 0 fully saturated rings. The Morgan fingerprint density at radius 1 is 1.09 bits per heavy atom. The van der Waals surface area contributed by atoms with E-state index in [2.05, 4.69) is 16.2 Å². The fourth-order valence-electron chi connectivity index (χ4n) is 2.40. The van der Waals surface area contributed by atoms with Gasteiger partial charge in [0.15, 0.2) is 0 Å². The topological polar surface area (TPSA) is 77.8 Å². The molecular weight excluding hydrogens is 286 g/mol. The molecule has 3 aromatic rings. The quantitative estimate of drug-likeness (QED) is 0.696. The maximum absolute atomic E-state index is 8.67. The number of aliphatic imine (C=N–C) groups is 1. The summed E-state index contributed by atoms with van der Waals surface area (Å²) in [5.41, 5.74) is 4.05. The maximum atomic E-state index is 8.67. The molecule has 0 bridgehead atoms. The molecule has 0 saturated heterocycles. The van der Waals surface area contributed by atoms with Crippen molar-refractivity contribution in [1.29, 1.82) is 10.5 Å². The predicted octanol–water partition coefficient (Wildman–Crippen LogP) is 3.23. The molecule has 0 atom stereocenters. The van der Waals surface area contributed by atoms with E-state index in [-0.39, 0.29) is 5.71 Å². The van der Waals surface area contributed by atoms with Crippen molar-refractivity contribution in [3.05, 3.63) is 54.2 Å². The van der Waals surface area contributed by atoms with Crippen LogP contribution in [-0.4, -0.2) is 15.5 Å². The summed E-state index contributed by atoms with van der Waals surface area (Å²) < 4.78 is 1.80. The van der Waals surface area contributed by atoms with E-state index in [1.165, 1.54) is 0 Å².